The summed E-state index contributed by atoms with van der Waals surface area (Å²) in [4.78, 5) is 32.6. The van der Waals surface area contributed by atoms with Crippen LogP contribution in [0.25, 0.3) is 0 Å². The molecule has 1 aromatic heterocycles. The van der Waals surface area contributed by atoms with Crippen LogP contribution < -0.4 is 10.6 Å². The number of likely N-dealkylation sites (tertiary alicyclic amines) is 1. The Labute approximate surface area is 172 Å². The molecule has 1 aromatic rings. The molecule has 1 aliphatic carbocycles. The molecule has 1 atom stereocenters. The van der Waals surface area contributed by atoms with E-state index in [1.54, 1.807) is 20.4 Å². The van der Waals surface area contributed by atoms with Crippen LogP contribution in [0, 0.1) is 5.92 Å². The van der Waals surface area contributed by atoms with E-state index in [0.29, 0.717) is 25.0 Å². The zero-order valence-electron chi connectivity index (χ0n) is 17.5. The van der Waals surface area contributed by atoms with E-state index in [-0.39, 0.29) is 24.4 Å². The highest BCUT2D eigenvalue weighted by atomic mass is 16.3. The van der Waals surface area contributed by atoms with Crippen molar-refractivity contribution in [1.29, 1.82) is 0 Å². The fourth-order valence-electron chi connectivity index (χ4n) is 3.90. The molecule has 0 radical (unpaired) electrons. The smallest absolute Gasteiger partial charge is 0.243 e. The second-order valence-corrected chi connectivity index (χ2v) is 8.10. The maximum Gasteiger partial charge on any atom is 0.243 e. The molecule has 1 unspecified atom stereocenters. The number of nitrogens with zero attached hydrogens (tertiary/aromatic N) is 3. The summed E-state index contributed by atoms with van der Waals surface area (Å²) in [6.45, 7) is 2.20. The molecule has 0 spiro atoms. The van der Waals surface area contributed by atoms with Gasteiger partial charge < -0.3 is 24.9 Å². The zero-order chi connectivity index (χ0) is 20.6. The van der Waals surface area contributed by atoms with E-state index in [9.17, 15) is 9.59 Å². The zero-order valence-corrected chi connectivity index (χ0v) is 17.5. The molecule has 8 nitrogen and oxygen atoms in total. The molecule has 2 N–H and O–H groups in total. The summed E-state index contributed by atoms with van der Waals surface area (Å²) in [5.41, 5.74) is 0. The van der Waals surface area contributed by atoms with Crippen LogP contribution in [-0.4, -0.2) is 73.9 Å². The van der Waals surface area contributed by atoms with Crippen molar-refractivity contribution in [1.82, 2.24) is 20.4 Å². The van der Waals surface area contributed by atoms with Crippen molar-refractivity contribution >= 4 is 17.8 Å². The molecule has 160 valence electrons. The van der Waals surface area contributed by atoms with Crippen molar-refractivity contribution in [3.8, 4) is 0 Å². The number of furan rings is 1. The topological polar surface area (TPSA) is 90.2 Å². The lowest BCUT2D eigenvalue weighted by atomic mass is 10.1. The minimum atomic E-state index is -0.0541. The molecule has 1 saturated heterocycles. The number of hydrogen-bond acceptors (Lipinski definition) is 4. The summed E-state index contributed by atoms with van der Waals surface area (Å²) in [6, 6.07) is 3.95. The number of carbonyl (C=O) groups is 2. The first-order chi connectivity index (χ1) is 14.0. The Balaban J connectivity index is 1.53. The van der Waals surface area contributed by atoms with Gasteiger partial charge in [-0.15, -0.1) is 0 Å². The molecule has 0 bridgehead atoms. The van der Waals surface area contributed by atoms with Gasteiger partial charge in [-0.25, -0.2) is 4.99 Å². The van der Waals surface area contributed by atoms with E-state index in [4.69, 9.17) is 4.42 Å². The maximum atomic E-state index is 12.7. The van der Waals surface area contributed by atoms with Gasteiger partial charge in [0.1, 0.15) is 12.3 Å². The van der Waals surface area contributed by atoms with E-state index in [0.717, 1.165) is 38.0 Å². The van der Waals surface area contributed by atoms with Crippen LogP contribution in [-0.2, 0) is 16.0 Å². The number of carbonyl (C=O) groups excluding carboxylic acids is 2. The van der Waals surface area contributed by atoms with Crippen LogP contribution in [0.15, 0.2) is 27.8 Å². The van der Waals surface area contributed by atoms with Crippen molar-refractivity contribution < 1.29 is 14.0 Å². The molecule has 1 saturated carbocycles. The van der Waals surface area contributed by atoms with E-state index in [1.165, 1.54) is 17.7 Å². The van der Waals surface area contributed by atoms with Crippen molar-refractivity contribution in [3.63, 3.8) is 0 Å². The van der Waals surface area contributed by atoms with Crippen LogP contribution in [0.5, 0.6) is 0 Å². The van der Waals surface area contributed by atoms with Crippen LogP contribution in [0.1, 0.15) is 37.9 Å². The molecular formula is C21H33N5O3. The lowest BCUT2D eigenvalue weighted by Crippen LogP contribution is -2.46. The highest BCUT2D eigenvalue weighted by molar-refractivity contribution is 5.85. The number of guanidine groups is 1. The Kier molecular flexibility index (Phi) is 7.55. The van der Waals surface area contributed by atoms with Gasteiger partial charge >= 0.3 is 0 Å². The number of aliphatic imine (C=N–C) groups is 1. The third kappa shape index (κ3) is 6.24. The average molecular weight is 404 g/mol. The second-order valence-electron chi connectivity index (χ2n) is 8.10. The van der Waals surface area contributed by atoms with Crippen LogP contribution >= 0.6 is 0 Å². The molecule has 1 aliphatic heterocycles. The molecule has 2 fully saturated rings. The van der Waals surface area contributed by atoms with Gasteiger partial charge in [0.15, 0.2) is 5.96 Å². The van der Waals surface area contributed by atoms with Gasteiger partial charge in [-0.1, -0.05) is 12.8 Å². The Morgan fingerprint density at radius 1 is 1.28 bits per heavy atom. The summed E-state index contributed by atoms with van der Waals surface area (Å²) in [5, 5.41) is 6.69. The number of hydrogen-bond donors (Lipinski definition) is 2. The first-order valence-corrected chi connectivity index (χ1v) is 10.6. The quantitative estimate of drug-likeness (QED) is 0.528. The molecule has 8 heteroatoms. The number of amides is 2. The first-order valence-electron chi connectivity index (χ1n) is 10.6. The Morgan fingerprint density at radius 2 is 2.07 bits per heavy atom. The van der Waals surface area contributed by atoms with Gasteiger partial charge in [0, 0.05) is 52.1 Å². The second kappa shape index (κ2) is 10.3. The predicted molar refractivity (Wildman–Crippen MR) is 111 cm³/mol. The molecular weight excluding hydrogens is 370 g/mol. The van der Waals surface area contributed by atoms with Crippen molar-refractivity contribution in [2.75, 3.05) is 40.3 Å². The van der Waals surface area contributed by atoms with Gasteiger partial charge in [0.05, 0.1) is 6.26 Å². The summed E-state index contributed by atoms with van der Waals surface area (Å²) in [6.07, 6.45) is 7.67. The fraction of sp³-hybridized carbons (Fsp3) is 0.667. The van der Waals surface area contributed by atoms with Crippen molar-refractivity contribution in [3.05, 3.63) is 24.2 Å². The third-order valence-electron chi connectivity index (χ3n) is 5.66. The van der Waals surface area contributed by atoms with E-state index in [1.807, 2.05) is 17.0 Å². The number of nitrogens with one attached hydrogen (secondary N) is 2. The Morgan fingerprint density at radius 3 is 2.76 bits per heavy atom. The molecule has 29 heavy (non-hydrogen) atoms. The minimum Gasteiger partial charge on any atom is -0.469 e. The molecule has 2 amide bonds. The Hall–Kier alpha value is -2.51. The van der Waals surface area contributed by atoms with Crippen LogP contribution in [0.3, 0.4) is 0 Å². The van der Waals surface area contributed by atoms with Crippen LogP contribution in [0.4, 0.5) is 0 Å². The first kappa shape index (κ1) is 21.2. The number of likely N-dealkylation sites (N-methyl/N-ethyl adjacent to an activating group) is 1. The molecule has 0 aromatic carbocycles. The highest BCUT2D eigenvalue weighted by Crippen LogP contribution is 2.27. The largest absolute Gasteiger partial charge is 0.469 e. The van der Waals surface area contributed by atoms with Gasteiger partial charge in [-0.2, -0.15) is 0 Å². The molecule has 2 heterocycles. The van der Waals surface area contributed by atoms with Crippen molar-refractivity contribution in [2.45, 2.75) is 44.6 Å². The fourth-order valence-corrected chi connectivity index (χ4v) is 3.90. The lowest BCUT2D eigenvalue weighted by molar-refractivity contribution is -0.134. The van der Waals surface area contributed by atoms with Gasteiger partial charge in [-0.3, -0.25) is 9.59 Å². The molecule has 2 aliphatic rings. The van der Waals surface area contributed by atoms with Gasteiger partial charge in [-0.05, 0) is 31.4 Å². The lowest BCUT2D eigenvalue weighted by Gasteiger charge is -2.21. The summed E-state index contributed by atoms with van der Waals surface area (Å²) >= 11 is 0. The normalized spacial score (nSPS) is 20.1. The third-order valence-corrected chi connectivity index (χ3v) is 5.66. The maximum absolute atomic E-state index is 12.7. The minimum absolute atomic E-state index is 0.0541. The Bertz CT molecular complexity index is 695. The number of rotatable bonds is 7. The predicted octanol–water partition coefficient (Wildman–Crippen LogP) is 1.24. The van der Waals surface area contributed by atoms with E-state index in [2.05, 4.69) is 15.6 Å². The summed E-state index contributed by atoms with van der Waals surface area (Å²) in [7, 11) is 3.44. The summed E-state index contributed by atoms with van der Waals surface area (Å²) in [5.74, 6) is 1.97. The van der Waals surface area contributed by atoms with E-state index >= 15 is 0 Å². The van der Waals surface area contributed by atoms with Crippen molar-refractivity contribution in [2.24, 2.45) is 10.9 Å². The average Bonchev–Trinajstić information content (AvgIpc) is 3.47. The van der Waals surface area contributed by atoms with Gasteiger partial charge in [0.2, 0.25) is 11.8 Å². The highest BCUT2D eigenvalue weighted by Gasteiger charge is 2.32. The monoisotopic (exact) mass is 403 g/mol. The van der Waals surface area contributed by atoms with E-state index < -0.39 is 0 Å². The standard InChI is InChI=1S/C21H33N5O3/c1-25(2)19(27)14-23-21(22-11-9-18-8-5-13-29-18)24-17-10-12-26(15-17)20(28)16-6-3-4-7-16/h5,8,13,16-17H,3-4,6-7,9-12,14-15H2,1-2H3,(H2,22,23,24). The van der Waals surface area contributed by atoms with Gasteiger partial charge in [0.25, 0.3) is 0 Å². The molecule has 3 rings (SSSR count). The van der Waals surface area contributed by atoms with Crippen LogP contribution in [0.2, 0.25) is 0 Å². The summed E-state index contributed by atoms with van der Waals surface area (Å²) < 4.78 is 5.36. The SMILES string of the molecule is CN(C)C(=O)CN=C(NCCc1ccco1)NC1CCN(C(=O)C2CCCC2)C1.